The fraction of sp³-hybridized carbons (Fsp3) is 0.368. The molecule has 2 heterocycles. The summed E-state index contributed by atoms with van der Waals surface area (Å²) in [5.74, 6) is -0.278. The summed E-state index contributed by atoms with van der Waals surface area (Å²) >= 11 is 6.18. The second-order valence-electron chi connectivity index (χ2n) is 7.03. The van der Waals surface area contributed by atoms with E-state index in [0.29, 0.717) is 10.8 Å². The zero-order valence-corrected chi connectivity index (χ0v) is 17.1. The first-order valence-corrected chi connectivity index (χ1v) is 9.11. The molecule has 0 atom stereocenters. The molecule has 0 unspecified atom stereocenters. The average molecular weight is 405 g/mol. The lowest BCUT2D eigenvalue weighted by Crippen LogP contribution is -2.42. The summed E-state index contributed by atoms with van der Waals surface area (Å²) in [4.78, 5) is 41.8. The van der Waals surface area contributed by atoms with Gasteiger partial charge in [0.1, 0.15) is 12.3 Å². The maximum absolute atomic E-state index is 12.7. The Morgan fingerprint density at radius 3 is 2.57 bits per heavy atom. The summed E-state index contributed by atoms with van der Waals surface area (Å²) < 4.78 is 9.09. The highest BCUT2D eigenvalue weighted by Crippen LogP contribution is 2.32. The number of aromatic nitrogens is 4. The number of rotatable bonds is 4. The van der Waals surface area contributed by atoms with E-state index in [2.05, 4.69) is 4.98 Å². The molecule has 0 saturated carbocycles. The van der Waals surface area contributed by atoms with Crippen LogP contribution in [-0.4, -0.2) is 24.7 Å². The van der Waals surface area contributed by atoms with Gasteiger partial charge < -0.3 is 9.30 Å². The van der Waals surface area contributed by atoms with Crippen molar-refractivity contribution < 1.29 is 9.53 Å². The molecular weight excluding hydrogens is 384 g/mol. The van der Waals surface area contributed by atoms with Crippen molar-refractivity contribution in [3.8, 4) is 5.75 Å². The van der Waals surface area contributed by atoms with Gasteiger partial charge in [-0.05, 0) is 36.1 Å². The van der Waals surface area contributed by atoms with E-state index in [9.17, 15) is 14.4 Å². The largest absolute Gasteiger partial charge is 0.425 e. The number of esters is 1. The molecule has 0 spiro atoms. The Balaban J connectivity index is 2.00. The van der Waals surface area contributed by atoms with Crippen LogP contribution in [0.2, 0.25) is 5.02 Å². The number of aryl methyl sites for hydroxylation is 3. The number of carbonyl (C=O) groups excluding carboxylic acids is 1. The van der Waals surface area contributed by atoms with Crippen molar-refractivity contribution in [1.82, 2.24) is 18.7 Å². The maximum Gasteiger partial charge on any atom is 0.333 e. The lowest BCUT2D eigenvalue weighted by atomic mass is 10.0. The second kappa shape index (κ2) is 7.27. The topological polar surface area (TPSA) is 88.1 Å². The van der Waals surface area contributed by atoms with Crippen LogP contribution in [-0.2, 0) is 25.4 Å². The van der Waals surface area contributed by atoms with E-state index in [1.165, 1.54) is 22.5 Å². The van der Waals surface area contributed by atoms with E-state index >= 15 is 0 Å². The molecule has 0 aliphatic carbocycles. The smallest absolute Gasteiger partial charge is 0.333 e. The predicted octanol–water partition coefficient (Wildman–Crippen LogP) is 2.12. The first-order chi connectivity index (χ1) is 13.1. The van der Waals surface area contributed by atoms with E-state index in [4.69, 9.17) is 16.3 Å². The summed E-state index contributed by atoms with van der Waals surface area (Å²) in [5, 5.41) is 0.579. The number of carbonyl (C=O) groups is 1. The highest BCUT2D eigenvalue weighted by Gasteiger charge is 2.19. The zero-order valence-electron chi connectivity index (χ0n) is 16.3. The molecule has 28 heavy (non-hydrogen) atoms. The van der Waals surface area contributed by atoms with Gasteiger partial charge in [0.2, 0.25) is 0 Å². The molecule has 3 rings (SSSR count). The lowest BCUT2D eigenvalue weighted by molar-refractivity contribution is -0.135. The molecule has 0 N–H and O–H groups in total. The van der Waals surface area contributed by atoms with E-state index in [-0.39, 0.29) is 17.1 Å². The van der Waals surface area contributed by atoms with Gasteiger partial charge in [-0.1, -0.05) is 25.4 Å². The van der Waals surface area contributed by atoms with Gasteiger partial charge >= 0.3 is 11.7 Å². The first-order valence-electron chi connectivity index (χ1n) is 8.73. The summed E-state index contributed by atoms with van der Waals surface area (Å²) in [6.07, 6.45) is 1.44. The van der Waals surface area contributed by atoms with Crippen molar-refractivity contribution in [2.75, 3.05) is 0 Å². The van der Waals surface area contributed by atoms with Crippen molar-refractivity contribution in [2.45, 2.75) is 33.2 Å². The number of fused-ring (bicyclic) bond motifs is 1. The SMILES string of the molecule is Cc1cc(OC(=O)Cn2c(=O)c3c(ncn3C)n(C)c2=O)c(C(C)C)cc1Cl. The fourth-order valence-corrected chi connectivity index (χ4v) is 3.20. The van der Waals surface area contributed by atoms with Crippen molar-refractivity contribution in [1.29, 1.82) is 0 Å². The number of imidazole rings is 1. The molecule has 2 aromatic heterocycles. The lowest BCUT2D eigenvalue weighted by Gasteiger charge is -2.15. The van der Waals surface area contributed by atoms with Crippen LogP contribution in [0.15, 0.2) is 28.0 Å². The fourth-order valence-electron chi connectivity index (χ4n) is 3.03. The Morgan fingerprint density at radius 1 is 1.25 bits per heavy atom. The average Bonchev–Trinajstić information content (AvgIpc) is 3.01. The Kier molecular flexibility index (Phi) is 5.16. The minimum Gasteiger partial charge on any atom is -0.425 e. The molecule has 8 nitrogen and oxygen atoms in total. The van der Waals surface area contributed by atoms with Crippen molar-refractivity contribution in [2.24, 2.45) is 14.1 Å². The van der Waals surface area contributed by atoms with Gasteiger partial charge in [0.15, 0.2) is 11.2 Å². The van der Waals surface area contributed by atoms with Crippen LogP contribution in [0.3, 0.4) is 0 Å². The van der Waals surface area contributed by atoms with Crippen LogP contribution >= 0.6 is 11.6 Å². The normalized spacial score (nSPS) is 11.4. The molecule has 0 radical (unpaired) electrons. The molecule has 3 aromatic rings. The summed E-state index contributed by atoms with van der Waals surface area (Å²) in [7, 11) is 3.15. The molecule has 1 aromatic carbocycles. The number of benzene rings is 1. The standard InChI is InChI=1S/C19H21ClN4O4/c1-10(2)12-7-13(20)11(3)6-14(12)28-15(25)8-24-18(26)16-17(21-9-22(16)4)23(5)19(24)27/h6-7,9-10H,8H2,1-5H3. The van der Waals surface area contributed by atoms with E-state index < -0.39 is 23.8 Å². The van der Waals surface area contributed by atoms with Crippen LogP contribution in [0.25, 0.3) is 11.2 Å². The van der Waals surface area contributed by atoms with E-state index in [1.807, 2.05) is 13.8 Å². The van der Waals surface area contributed by atoms with Crippen LogP contribution < -0.4 is 16.0 Å². The number of hydrogen-bond acceptors (Lipinski definition) is 5. The molecule has 0 saturated heterocycles. The maximum atomic E-state index is 12.7. The molecule has 0 fully saturated rings. The number of nitrogens with zero attached hydrogens (tertiary/aromatic N) is 4. The third-order valence-corrected chi connectivity index (χ3v) is 5.03. The third kappa shape index (κ3) is 3.35. The molecule has 0 aliphatic rings. The number of halogens is 1. The van der Waals surface area contributed by atoms with Gasteiger partial charge in [-0.25, -0.2) is 19.1 Å². The summed E-state index contributed by atoms with van der Waals surface area (Å²) in [6.45, 7) is 5.20. The highest BCUT2D eigenvalue weighted by atomic mass is 35.5. The Labute approximate surface area is 165 Å². The Hall–Kier alpha value is -2.87. The second-order valence-corrected chi connectivity index (χ2v) is 7.44. The van der Waals surface area contributed by atoms with Crippen molar-refractivity contribution in [3.63, 3.8) is 0 Å². The van der Waals surface area contributed by atoms with Gasteiger partial charge in [0, 0.05) is 19.1 Å². The minimum absolute atomic E-state index is 0.0716. The Morgan fingerprint density at radius 2 is 1.93 bits per heavy atom. The monoisotopic (exact) mass is 404 g/mol. The van der Waals surface area contributed by atoms with Crippen LogP contribution in [0, 0.1) is 6.92 Å². The van der Waals surface area contributed by atoms with Crippen LogP contribution in [0.4, 0.5) is 0 Å². The third-order valence-electron chi connectivity index (χ3n) is 4.63. The zero-order chi connectivity index (χ0) is 20.7. The highest BCUT2D eigenvalue weighted by molar-refractivity contribution is 6.31. The quantitative estimate of drug-likeness (QED) is 0.491. The van der Waals surface area contributed by atoms with Gasteiger partial charge in [0.05, 0.1) is 6.33 Å². The molecular formula is C19H21ClN4O4. The van der Waals surface area contributed by atoms with Gasteiger partial charge in [-0.3, -0.25) is 9.36 Å². The van der Waals surface area contributed by atoms with Gasteiger partial charge in [-0.15, -0.1) is 0 Å². The molecule has 0 aliphatic heterocycles. The van der Waals surface area contributed by atoms with Crippen molar-refractivity contribution >= 4 is 28.7 Å². The molecule has 9 heteroatoms. The predicted molar refractivity (Wildman–Crippen MR) is 106 cm³/mol. The van der Waals surface area contributed by atoms with Crippen LogP contribution in [0.5, 0.6) is 5.75 Å². The molecule has 0 amide bonds. The molecule has 0 bridgehead atoms. The summed E-state index contributed by atoms with van der Waals surface area (Å²) in [5.41, 5.74) is 0.804. The van der Waals surface area contributed by atoms with E-state index in [1.54, 1.807) is 26.1 Å². The van der Waals surface area contributed by atoms with Crippen LogP contribution in [0.1, 0.15) is 30.9 Å². The summed E-state index contributed by atoms with van der Waals surface area (Å²) in [6, 6.07) is 3.44. The number of hydrogen-bond donors (Lipinski definition) is 0. The van der Waals surface area contributed by atoms with Crippen molar-refractivity contribution in [3.05, 3.63) is 55.4 Å². The van der Waals surface area contributed by atoms with Gasteiger partial charge in [0.25, 0.3) is 5.56 Å². The van der Waals surface area contributed by atoms with Gasteiger partial charge in [-0.2, -0.15) is 0 Å². The molecule has 148 valence electrons. The van der Waals surface area contributed by atoms with E-state index in [0.717, 1.165) is 15.7 Å². The first kappa shape index (κ1) is 19.9. The Bertz CT molecular complexity index is 1200. The minimum atomic E-state index is -0.718. The number of ether oxygens (including phenoxy) is 1.